The Balaban J connectivity index is 1.57. The van der Waals surface area contributed by atoms with Gasteiger partial charge in [-0.15, -0.1) is 0 Å². The number of nitrogens with one attached hydrogen (secondary N) is 1. The highest BCUT2D eigenvalue weighted by atomic mass is 16.5. The molecule has 4 amide bonds. The quantitative estimate of drug-likeness (QED) is 0.804. The van der Waals surface area contributed by atoms with Crippen LogP contribution in [-0.4, -0.2) is 49.2 Å². The number of nitrogens with zero attached hydrogens (tertiary/aromatic N) is 2. The summed E-state index contributed by atoms with van der Waals surface area (Å²) in [6, 6.07) is 9.48. The predicted octanol–water partition coefficient (Wildman–Crippen LogP) is 2.30. The minimum absolute atomic E-state index is 0.0439. The van der Waals surface area contributed by atoms with Crippen molar-refractivity contribution in [2.45, 2.75) is 12.8 Å². The maximum atomic E-state index is 12.7. The average molecular weight is 393 g/mol. The predicted molar refractivity (Wildman–Crippen MR) is 105 cm³/mol. The summed E-state index contributed by atoms with van der Waals surface area (Å²) >= 11 is 0. The Labute approximate surface area is 167 Å². The molecule has 0 radical (unpaired) electrons. The molecule has 8 heteroatoms. The van der Waals surface area contributed by atoms with E-state index in [1.54, 1.807) is 23.1 Å². The standard InChI is InChI=1S/C21H19N3O5/c1-23-20(27)14-7-5-12(10-15(14)21(23)28)19(26)22-13-6-8-16(17(11-13)29-2)24-9-3-4-18(24)25/h5-8,10-11H,3-4,9H2,1-2H3,(H,22,26). The third-order valence-electron chi connectivity index (χ3n) is 5.15. The first kappa shape index (κ1) is 18.7. The summed E-state index contributed by atoms with van der Waals surface area (Å²) < 4.78 is 5.40. The van der Waals surface area contributed by atoms with Crippen molar-refractivity contribution in [3.8, 4) is 5.75 Å². The van der Waals surface area contributed by atoms with Crippen molar-refractivity contribution in [1.29, 1.82) is 0 Å². The summed E-state index contributed by atoms with van der Waals surface area (Å²) in [6.07, 6.45) is 1.31. The third kappa shape index (κ3) is 3.12. The van der Waals surface area contributed by atoms with Crippen molar-refractivity contribution in [2.75, 3.05) is 30.9 Å². The molecule has 0 unspecified atom stereocenters. The van der Waals surface area contributed by atoms with E-state index in [1.807, 2.05) is 0 Å². The van der Waals surface area contributed by atoms with E-state index in [-0.39, 0.29) is 28.5 Å². The second-order valence-corrected chi connectivity index (χ2v) is 6.92. The number of fused-ring (bicyclic) bond motifs is 1. The van der Waals surface area contributed by atoms with E-state index in [2.05, 4.69) is 5.32 Å². The van der Waals surface area contributed by atoms with Crippen molar-refractivity contribution in [3.63, 3.8) is 0 Å². The summed E-state index contributed by atoms with van der Waals surface area (Å²) in [7, 11) is 2.91. The molecule has 1 N–H and O–H groups in total. The number of carbonyl (C=O) groups is 4. The molecule has 0 saturated carbocycles. The van der Waals surface area contributed by atoms with Gasteiger partial charge in [-0.05, 0) is 36.8 Å². The smallest absolute Gasteiger partial charge is 0.261 e. The van der Waals surface area contributed by atoms with Crippen LogP contribution in [0.5, 0.6) is 5.75 Å². The summed E-state index contributed by atoms with van der Waals surface area (Å²) in [5.41, 5.74) is 1.92. The fourth-order valence-corrected chi connectivity index (χ4v) is 3.59. The molecule has 2 aromatic carbocycles. The number of imide groups is 1. The first-order valence-electron chi connectivity index (χ1n) is 9.17. The first-order valence-corrected chi connectivity index (χ1v) is 9.17. The molecular formula is C21H19N3O5. The monoisotopic (exact) mass is 393 g/mol. The lowest BCUT2D eigenvalue weighted by Gasteiger charge is -2.19. The molecule has 4 rings (SSSR count). The summed E-state index contributed by atoms with van der Waals surface area (Å²) in [4.78, 5) is 51.5. The van der Waals surface area contributed by atoms with Gasteiger partial charge in [0.1, 0.15) is 5.75 Å². The van der Waals surface area contributed by atoms with Crippen LogP contribution in [0, 0.1) is 0 Å². The van der Waals surface area contributed by atoms with Crippen molar-refractivity contribution < 1.29 is 23.9 Å². The molecule has 2 aliphatic heterocycles. The Kier molecular flexibility index (Phi) is 4.54. The molecule has 29 heavy (non-hydrogen) atoms. The van der Waals surface area contributed by atoms with Crippen LogP contribution < -0.4 is 15.0 Å². The zero-order valence-electron chi connectivity index (χ0n) is 16.0. The van der Waals surface area contributed by atoms with Gasteiger partial charge in [-0.25, -0.2) is 0 Å². The lowest BCUT2D eigenvalue weighted by Crippen LogP contribution is -2.24. The zero-order valence-corrected chi connectivity index (χ0v) is 16.0. The van der Waals surface area contributed by atoms with Crippen LogP contribution in [0.25, 0.3) is 0 Å². The highest BCUT2D eigenvalue weighted by Crippen LogP contribution is 2.34. The number of rotatable bonds is 4. The van der Waals surface area contributed by atoms with E-state index >= 15 is 0 Å². The lowest BCUT2D eigenvalue weighted by molar-refractivity contribution is -0.117. The number of benzene rings is 2. The Morgan fingerprint density at radius 3 is 2.48 bits per heavy atom. The molecule has 148 valence electrons. The van der Waals surface area contributed by atoms with Gasteiger partial charge < -0.3 is 15.0 Å². The minimum Gasteiger partial charge on any atom is -0.494 e. The topological polar surface area (TPSA) is 96.0 Å². The largest absolute Gasteiger partial charge is 0.494 e. The summed E-state index contributed by atoms with van der Waals surface area (Å²) in [5, 5.41) is 2.76. The number of methoxy groups -OCH3 is 1. The fourth-order valence-electron chi connectivity index (χ4n) is 3.59. The molecule has 0 bridgehead atoms. The number of anilines is 2. The van der Waals surface area contributed by atoms with Gasteiger partial charge in [0.05, 0.1) is 23.9 Å². The average Bonchev–Trinajstić information content (AvgIpc) is 3.25. The van der Waals surface area contributed by atoms with Gasteiger partial charge in [-0.2, -0.15) is 0 Å². The lowest BCUT2D eigenvalue weighted by atomic mass is 10.1. The van der Waals surface area contributed by atoms with Crippen LogP contribution in [-0.2, 0) is 4.79 Å². The second-order valence-electron chi connectivity index (χ2n) is 6.92. The van der Waals surface area contributed by atoms with Crippen LogP contribution >= 0.6 is 0 Å². The highest BCUT2D eigenvalue weighted by molar-refractivity contribution is 6.22. The van der Waals surface area contributed by atoms with Gasteiger partial charge in [-0.1, -0.05) is 0 Å². The second kappa shape index (κ2) is 7.05. The molecular weight excluding hydrogens is 374 g/mol. The maximum Gasteiger partial charge on any atom is 0.261 e. The van der Waals surface area contributed by atoms with Crippen molar-refractivity contribution in [2.24, 2.45) is 0 Å². The van der Waals surface area contributed by atoms with Crippen molar-refractivity contribution in [1.82, 2.24) is 4.90 Å². The molecule has 8 nitrogen and oxygen atoms in total. The van der Waals surface area contributed by atoms with Crippen LogP contribution in [0.1, 0.15) is 43.9 Å². The maximum absolute atomic E-state index is 12.7. The molecule has 2 aliphatic rings. The Hall–Kier alpha value is -3.68. The first-order chi connectivity index (χ1) is 13.9. The minimum atomic E-state index is -0.430. The van der Waals surface area contributed by atoms with E-state index in [1.165, 1.54) is 32.4 Å². The van der Waals surface area contributed by atoms with Crippen LogP contribution in [0.2, 0.25) is 0 Å². The number of carbonyl (C=O) groups excluding carboxylic acids is 4. The van der Waals surface area contributed by atoms with E-state index in [0.717, 1.165) is 11.3 Å². The van der Waals surface area contributed by atoms with E-state index in [0.29, 0.717) is 30.1 Å². The van der Waals surface area contributed by atoms with Gasteiger partial charge in [0.15, 0.2) is 0 Å². The van der Waals surface area contributed by atoms with Gasteiger partial charge in [0.25, 0.3) is 17.7 Å². The molecule has 1 fully saturated rings. The van der Waals surface area contributed by atoms with Gasteiger partial charge in [0, 0.05) is 37.3 Å². The number of amides is 4. The van der Waals surface area contributed by atoms with Crippen molar-refractivity contribution >= 4 is 35.0 Å². The molecule has 0 aromatic heterocycles. The Morgan fingerprint density at radius 2 is 1.79 bits per heavy atom. The van der Waals surface area contributed by atoms with E-state index < -0.39 is 11.8 Å². The van der Waals surface area contributed by atoms with E-state index in [9.17, 15) is 19.2 Å². The van der Waals surface area contributed by atoms with Crippen molar-refractivity contribution in [3.05, 3.63) is 53.1 Å². The fraction of sp³-hybridized carbons (Fsp3) is 0.238. The molecule has 2 aromatic rings. The molecule has 2 heterocycles. The van der Waals surface area contributed by atoms with Crippen LogP contribution in [0.15, 0.2) is 36.4 Å². The summed E-state index contributed by atoms with van der Waals surface area (Å²) in [6.45, 7) is 0.636. The number of hydrogen-bond acceptors (Lipinski definition) is 5. The molecule has 0 atom stereocenters. The van der Waals surface area contributed by atoms with E-state index in [4.69, 9.17) is 4.74 Å². The van der Waals surface area contributed by atoms with Gasteiger partial charge in [0.2, 0.25) is 5.91 Å². The van der Waals surface area contributed by atoms with Gasteiger partial charge >= 0.3 is 0 Å². The molecule has 0 spiro atoms. The SMILES string of the molecule is COc1cc(NC(=O)c2ccc3c(c2)C(=O)N(C)C3=O)ccc1N1CCCC1=O. The number of hydrogen-bond donors (Lipinski definition) is 1. The summed E-state index contributed by atoms with van der Waals surface area (Å²) in [5.74, 6) is -0.707. The Morgan fingerprint density at radius 1 is 1.03 bits per heavy atom. The normalized spacial score (nSPS) is 15.7. The zero-order chi connectivity index (χ0) is 20.7. The number of ether oxygens (including phenoxy) is 1. The van der Waals surface area contributed by atoms with Gasteiger partial charge in [-0.3, -0.25) is 24.1 Å². The Bertz CT molecular complexity index is 1060. The molecule has 0 aliphatic carbocycles. The van der Waals surface area contributed by atoms with Crippen LogP contribution in [0.3, 0.4) is 0 Å². The highest BCUT2D eigenvalue weighted by Gasteiger charge is 2.33. The van der Waals surface area contributed by atoms with Crippen LogP contribution in [0.4, 0.5) is 11.4 Å². The third-order valence-corrected chi connectivity index (χ3v) is 5.15. The molecule has 1 saturated heterocycles.